The predicted octanol–water partition coefficient (Wildman–Crippen LogP) is 2.27. The van der Waals surface area contributed by atoms with Gasteiger partial charge in [0, 0.05) is 25.2 Å². The Morgan fingerprint density at radius 1 is 1.32 bits per heavy atom. The maximum Gasteiger partial charge on any atom is 0.329 e. The number of rotatable bonds is 5. The van der Waals surface area contributed by atoms with Gasteiger partial charge < -0.3 is 15.8 Å². The standard InChI is InChI=1S/C16H18FN5O3/c17-12-3-1-11(2-4-12)16(5-7-25-8-6-16)10-20-15-19-9-13(22(23)24)14(18)21-15/h1-4,9H,5-8,10H2,(H3,18,19,20,21). The summed E-state index contributed by atoms with van der Waals surface area (Å²) in [5, 5.41) is 13.9. The normalized spacial score (nSPS) is 16.4. The number of nitrogens with zero attached hydrogens (tertiary/aromatic N) is 3. The molecule has 25 heavy (non-hydrogen) atoms. The molecular weight excluding hydrogens is 329 g/mol. The van der Waals surface area contributed by atoms with E-state index >= 15 is 0 Å². The first kappa shape index (κ1) is 17.0. The second-order valence-electron chi connectivity index (χ2n) is 5.97. The van der Waals surface area contributed by atoms with Crippen LogP contribution in [0.25, 0.3) is 0 Å². The smallest absolute Gasteiger partial charge is 0.329 e. The van der Waals surface area contributed by atoms with Gasteiger partial charge in [0.1, 0.15) is 12.0 Å². The Morgan fingerprint density at radius 3 is 2.60 bits per heavy atom. The minimum Gasteiger partial charge on any atom is -0.381 e. The number of anilines is 2. The van der Waals surface area contributed by atoms with Crippen molar-refractivity contribution in [1.82, 2.24) is 9.97 Å². The van der Waals surface area contributed by atoms with Crippen LogP contribution in [-0.4, -0.2) is 34.6 Å². The number of benzene rings is 1. The van der Waals surface area contributed by atoms with Crippen LogP contribution in [0.5, 0.6) is 0 Å². The summed E-state index contributed by atoms with van der Waals surface area (Å²) < 4.78 is 18.7. The van der Waals surface area contributed by atoms with Gasteiger partial charge in [-0.15, -0.1) is 0 Å². The number of nitrogens with one attached hydrogen (secondary N) is 1. The van der Waals surface area contributed by atoms with Crippen molar-refractivity contribution < 1.29 is 14.1 Å². The van der Waals surface area contributed by atoms with Crippen molar-refractivity contribution in [2.45, 2.75) is 18.3 Å². The number of ether oxygens (including phenoxy) is 1. The number of nitrogen functional groups attached to an aromatic ring is 1. The van der Waals surface area contributed by atoms with Crippen LogP contribution < -0.4 is 11.1 Å². The van der Waals surface area contributed by atoms with Crippen LogP contribution in [0.15, 0.2) is 30.5 Å². The Hall–Kier alpha value is -2.81. The van der Waals surface area contributed by atoms with Crippen LogP contribution in [0.2, 0.25) is 0 Å². The maximum atomic E-state index is 13.2. The van der Waals surface area contributed by atoms with E-state index in [1.807, 2.05) is 0 Å². The molecule has 1 aromatic heterocycles. The summed E-state index contributed by atoms with van der Waals surface area (Å²) in [4.78, 5) is 18.0. The van der Waals surface area contributed by atoms with Crippen molar-refractivity contribution in [1.29, 1.82) is 0 Å². The summed E-state index contributed by atoms with van der Waals surface area (Å²) in [6.45, 7) is 1.68. The highest BCUT2D eigenvalue weighted by Gasteiger charge is 2.34. The largest absolute Gasteiger partial charge is 0.381 e. The number of halogens is 1. The molecule has 2 heterocycles. The van der Waals surface area contributed by atoms with E-state index in [0.29, 0.717) is 19.8 Å². The number of aromatic nitrogens is 2. The SMILES string of the molecule is Nc1nc(NCC2(c3ccc(F)cc3)CCOCC2)ncc1[N+](=O)[O-]. The lowest BCUT2D eigenvalue weighted by Crippen LogP contribution is -2.40. The van der Waals surface area contributed by atoms with Gasteiger partial charge in [-0.1, -0.05) is 12.1 Å². The van der Waals surface area contributed by atoms with Crippen molar-refractivity contribution in [2.24, 2.45) is 0 Å². The second kappa shape index (κ2) is 6.98. The zero-order valence-corrected chi connectivity index (χ0v) is 13.4. The first-order valence-electron chi connectivity index (χ1n) is 7.85. The molecule has 1 saturated heterocycles. The fraction of sp³-hybridized carbons (Fsp3) is 0.375. The van der Waals surface area contributed by atoms with Crippen LogP contribution in [-0.2, 0) is 10.2 Å². The van der Waals surface area contributed by atoms with Gasteiger partial charge in [0.15, 0.2) is 0 Å². The van der Waals surface area contributed by atoms with Crippen molar-refractivity contribution in [3.05, 3.63) is 52.0 Å². The third-order valence-electron chi connectivity index (χ3n) is 4.49. The zero-order valence-electron chi connectivity index (χ0n) is 13.4. The summed E-state index contributed by atoms with van der Waals surface area (Å²) >= 11 is 0. The summed E-state index contributed by atoms with van der Waals surface area (Å²) in [5.41, 5.74) is 6.01. The first-order valence-corrected chi connectivity index (χ1v) is 7.85. The molecule has 2 aromatic rings. The molecule has 0 spiro atoms. The van der Waals surface area contributed by atoms with Gasteiger partial charge in [-0.25, -0.2) is 9.37 Å². The van der Waals surface area contributed by atoms with Gasteiger partial charge in [0.2, 0.25) is 11.8 Å². The lowest BCUT2D eigenvalue weighted by atomic mass is 9.74. The quantitative estimate of drug-likeness (QED) is 0.629. The summed E-state index contributed by atoms with van der Waals surface area (Å²) in [6.07, 6.45) is 2.60. The average molecular weight is 347 g/mol. The van der Waals surface area contributed by atoms with Crippen LogP contribution in [0.4, 0.5) is 21.8 Å². The molecule has 1 aliphatic rings. The minimum absolute atomic E-state index is 0.190. The molecule has 1 aromatic carbocycles. The molecule has 3 rings (SSSR count). The van der Waals surface area contributed by atoms with E-state index in [1.165, 1.54) is 12.1 Å². The van der Waals surface area contributed by atoms with E-state index in [-0.39, 0.29) is 28.7 Å². The Morgan fingerprint density at radius 2 is 2.00 bits per heavy atom. The first-order chi connectivity index (χ1) is 12.0. The van der Waals surface area contributed by atoms with Crippen molar-refractivity contribution in [3.8, 4) is 0 Å². The van der Waals surface area contributed by atoms with Crippen molar-refractivity contribution in [3.63, 3.8) is 0 Å². The molecule has 3 N–H and O–H groups in total. The lowest BCUT2D eigenvalue weighted by molar-refractivity contribution is -0.384. The van der Waals surface area contributed by atoms with Crippen LogP contribution in [0.1, 0.15) is 18.4 Å². The molecule has 0 saturated carbocycles. The Bertz CT molecular complexity index is 763. The molecule has 0 amide bonds. The zero-order chi connectivity index (χ0) is 17.9. The summed E-state index contributed by atoms with van der Waals surface area (Å²) in [6, 6.07) is 6.42. The molecule has 1 fully saturated rings. The van der Waals surface area contributed by atoms with Gasteiger partial charge in [0.25, 0.3) is 0 Å². The second-order valence-corrected chi connectivity index (χ2v) is 5.97. The van der Waals surface area contributed by atoms with Gasteiger partial charge in [-0.05, 0) is 30.5 Å². The molecule has 0 aliphatic carbocycles. The maximum absolute atomic E-state index is 13.2. The molecule has 1 aliphatic heterocycles. The molecule has 8 nitrogen and oxygen atoms in total. The molecule has 0 atom stereocenters. The van der Waals surface area contributed by atoms with E-state index in [4.69, 9.17) is 10.5 Å². The third kappa shape index (κ3) is 3.66. The van der Waals surface area contributed by atoms with Crippen LogP contribution in [0, 0.1) is 15.9 Å². The molecular formula is C16H18FN5O3. The topological polar surface area (TPSA) is 116 Å². The highest BCUT2D eigenvalue weighted by Crippen LogP contribution is 2.35. The van der Waals surface area contributed by atoms with E-state index in [1.54, 1.807) is 12.1 Å². The lowest BCUT2D eigenvalue weighted by Gasteiger charge is -2.38. The Labute approximate surface area is 143 Å². The Kier molecular flexibility index (Phi) is 4.75. The number of hydrogen-bond acceptors (Lipinski definition) is 7. The fourth-order valence-electron chi connectivity index (χ4n) is 3.00. The molecule has 0 radical (unpaired) electrons. The fourth-order valence-corrected chi connectivity index (χ4v) is 3.00. The number of nitrogens with two attached hydrogens (primary N) is 1. The molecule has 9 heteroatoms. The third-order valence-corrected chi connectivity index (χ3v) is 4.49. The highest BCUT2D eigenvalue weighted by molar-refractivity contribution is 5.53. The van der Waals surface area contributed by atoms with Crippen molar-refractivity contribution >= 4 is 17.5 Å². The van der Waals surface area contributed by atoms with Crippen LogP contribution in [0.3, 0.4) is 0 Å². The van der Waals surface area contributed by atoms with E-state index in [9.17, 15) is 14.5 Å². The van der Waals surface area contributed by atoms with E-state index < -0.39 is 4.92 Å². The van der Waals surface area contributed by atoms with Crippen molar-refractivity contribution in [2.75, 3.05) is 30.8 Å². The number of nitro groups is 1. The monoisotopic (exact) mass is 347 g/mol. The Balaban J connectivity index is 1.81. The predicted molar refractivity (Wildman–Crippen MR) is 89.7 cm³/mol. The van der Waals surface area contributed by atoms with E-state index in [2.05, 4.69) is 15.3 Å². The molecule has 132 valence electrons. The molecule has 0 bridgehead atoms. The van der Waals surface area contributed by atoms with Crippen LogP contribution >= 0.6 is 0 Å². The summed E-state index contributed by atoms with van der Waals surface area (Å²) in [7, 11) is 0. The molecule has 0 unspecified atom stereocenters. The van der Waals surface area contributed by atoms with Gasteiger partial charge in [0.05, 0.1) is 4.92 Å². The van der Waals surface area contributed by atoms with Gasteiger partial charge >= 0.3 is 5.69 Å². The van der Waals surface area contributed by atoms with Gasteiger partial charge in [-0.2, -0.15) is 4.98 Å². The van der Waals surface area contributed by atoms with Gasteiger partial charge in [-0.3, -0.25) is 10.1 Å². The summed E-state index contributed by atoms with van der Waals surface area (Å²) in [5.74, 6) is -0.258. The van der Waals surface area contributed by atoms with E-state index in [0.717, 1.165) is 24.6 Å². The minimum atomic E-state index is -0.627. The number of hydrogen-bond donors (Lipinski definition) is 2. The average Bonchev–Trinajstić information content (AvgIpc) is 2.61. The highest BCUT2D eigenvalue weighted by atomic mass is 19.1.